The van der Waals surface area contributed by atoms with E-state index in [1.165, 1.54) is 10.5 Å². The minimum Gasteiger partial charge on any atom is -0.352 e. The molecule has 0 aliphatic heterocycles. The largest absolute Gasteiger partial charge is 0.352 e. The zero-order chi connectivity index (χ0) is 24.4. The van der Waals surface area contributed by atoms with Gasteiger partial charge in [-0.25, -0.2) is 4.98 Å². The van der Waals surface area contributed by atoms with Crippen LogP contribution in [0.3, 0.4) is 0 Å². The Kier molecular flexibility index (Phi) is 5.93. The van der Waals surface area contributed by atoms with E-state index in [4.69, 9.17) is 10.4 Å². The quantitative estimate of drug-likeness (QED) is 0.377. The van der Waals surface area contributed by atoms with Crippen LogP contribution in [0.25, 0.3) is 16.7 Å². The lowest BCUT2D eigenvalue weighted by atomic mass is 10.1. The fourth-order valence-electron chi connectivity index (χ4n) is 4.15. The second-order valence-corrected chi connectivity index (χ2v) is 8.38. The molecule has 8 nitrogen and oxygen atoms in total. The summed E-state index contributed by atoms with van der Waals surface area (Å²) in [6, 6.07) is 18.7. The third-order valence-corrected chi connectivity index (χ3v) is 6.01. The number of rotatable bonds is 6. The molecule has 8 heteroatoms. The number of hydrogen-bond acceptors (Lipinski definition) is 5. The van der Waals surface area contributed by atoms with Gasteiger partial charge in [0.05, 0.1) is 17.5 Å². The molecule has 4 heterocycles. The first-order valence-electron chi connectivity index (χ1n) is 11.3. The Morgan fingerprint density at radius 1 is 1.00 bits per heavy atom. The van der Waals surface area contributed by atoms with Gasteiger partial charge in [-0.1, -0.05) is 36.4 Å². The lowest BCUT2D eigenvalue weighted by Crippen LogP contribution is -2.36. The van der Waals surface area contributed by atoms with E-state index < -0.39 is 5.91 Å². The predicted octanol–water partition coefficient (Wildman–Crippen LogP) is 2.85. The highest BCUT2D eigenvalue weighted by atomic mass is 16.1. The van der Waals surface area contributed by atoms with Gasteiger partial charge in [-0.05, 0) is 54.3 Å². The van der Waals surface area contributed by atoms with Crippen LogP contribution in [0.2, 0.25) is 0 Å². The van der Waals surface area contributed by atoms with Gasteiger partial charge < -0.3 is 9.88 Å². The summed E-state index contributed by atoms with van der Waals surface area (Å²) in [6.45, 7) is 2.58. The van der Waals surface area contributed by atoms with E-state index in [1.807, 2.05) is 55.5 Å². The zero-order valence-electron chi connectivity index (χ0n) is 19.2. The van der Waals surface area contributed by atoms with E-state index >= 15 is 0 Å². The van der Waals surface area contributed by atoms with E-state index in [1.54, 1.807) is 29.2 Å². The van der Waals surface area contributed by atoms with Gasteiger partial charge in [0.25, 0.3) is 11.5 Å². The van der Waals surface area contributed by atoms with Crippen LogP contribution in [0.1, 0.15) is 27.0 Å². The van der Waals surface area contributed by atoms with Gasteiger partial charge in [0.1, 0.15) is 16.8 Å². The van der Waals surface area contributed by atoms with Gasteiger partial charge in [-0.15, -0.1) is 0 Å². The van der Waals surface area contributed by atoms with Crippen molar-refractivity contribution in [3.63, 3.8) is 0 Å². The zero-order valence-corrected chi connectivity index (χ0v) is 19.2. The molecule has 5 rings (SSSR count). The SMILES string of the molecule is Cc1cccn2c(=O)c3cc(C(=O)NCCc4ccccc4)c(=N)n(Cc4ccncc4)c3nc12. The highest BCUT2D eigenvalue weighted by Gasteiger charge is 2.18. The number of carbonyl (C=O) groups excluding carboxylic acids is 1. The van der Waals surface area contributed by atoms with Crippen LogP contribution in [0.4, 0.5) is 0 Å². The summed E-state index contributed by atoms with van der Waals surface area (Å²) in [7, 11) is 0. The normalized spacial score (nSPS) is 11.1. The highest BCUT2D eigenvalue weighted by Crippen LogP contribution is 2.14. The molecule has 0 unspecified atom stereocenters. The van der Waals surface area contributed by atoms with Crippen molar-refractivity contribution < 1.29 is 4.79 Å². The molecule has 0 aliphatic carbocycles. The Labute approximate surface area is 201 Å². The van der Waals surface area contributed by atoms with Crippen LogP contribution in [-0.2, 0) is 13.0 Å². The molecule has 174 valence electrons. The molecule has 0 radical (unpaired) electrons. The molecule has 0 spiro atoms. The maximum Gasteiger partial charge on any atom is 0.267 e. The first kappa shape index (κ1) is 22.2. The summed E-state index contributed by atoms with van der Waals surface area (Å²) < 4.78 is 3.10. The van der Waals surface area contributed by atoms with Gasteiger partial charge in [0, 0.05) is 25.1 Å². The molecule has 4 aromatic heterocycles. The highest BCUT2D eigenvalue weighted by molar-refractivity contribution is 5.96. The number of nitrogens with one attached hydrogen (secondary N) is 2. The van der Waals surface area contributed by atoms with Crippen LogP contribution in [0.5, 0.6) is 0 Å². The van der Waals surface area contributed by atoms with Gasteiger partial charge in [0.2, 0.25) is 0 Å². The van der Waals surface area contributed by atoms with Gasteiger partial charge in [-0.3, -0.25) is 24.4 Å². The first-order chi connectivity index (χ1) is 17.0. The number of carbonyl (C=O) groups is 1. The number of hydrogen-bond donors (Lipinski definition) is 2. The maximum atomic E-state index is 13.4. The molecule has 0 aliphatic rings. The van der Waals surface area contributed by atoms with Gasteiger partial charge in [-0.2, -0.15) is 0 Å². The van der Waals surface area contributed by atoms with E-state index in [9.17, 15) is 9.59 Å². The van der Waals surface area contributed by atoms with Gasteiger partial charge in [0.15, 0.2) is 0 Å². The van der Waals surface area contributed by atoms with Crippen molar-refractivity contribution >= 4 is 22.6 Å². The third-order valence-electron chi connectivity index (χ3n) is 6.01. The number of nitrogens with zero attached hydrogens (tertiary/aromatic N) is 4. The molecule has 2 N–H and O–H groups in total. The topological polar surface area (TPSA) is 105 Å². The molecule has 0 fully saturated rings. The Bertz CT molecular complexity index is 1660. The average molecular weight is 465 g/mol. The number of fused-ring (bicyclic) bond motifs is 2. The molecular weight excluding hydrogens is 440 g/mol. The van der Waals surface area contributed by atoms with Crippen LogP contribution in [0, 0.1) is 12.3 Å². The lowest BCUT2D eigenvalue weighted by molar-refractivity contribution is 0.0951. The summed E-state index contributed by atoms with van der Waals surface area (Å²) in [4.78, 5) is 35.4. The van der Waals surface area contributed by atoms with E-state index in [2.05, 4.69) is 10.3 Å². The van der Waals surface area contributed by atoms with Crippen LogP contribution >= 0.6 is 0 Å². The van der Waals surface area contributed by atoms with Crippen molar-refractivity contribution in [3.8, 4) is 0 Å². The van der Waals surface area contributed by atoms with Crippen LogP contribution in [-0.4, -0.2) is 31.4 Å². The minimum atomic E-state index is -0.398. The third kappa shape index (κ3) is 4.33. The van der Waals surface area contributed by atoms with Crippen LogP contribution in [0.15, 0.2) is 84.0 Å². The fraction of sp³-hybridized carbons (Fsp3) is 0.148. The lowest BCUT2D eigenvalue weighted by Gasteiger charge is -2.15. The Morgan fingerprint density at radius 3 is 2.54 bits per heavy atom. The summed E-state index contributed by atoms with van der Waals surface area (Å²) in [5.41, 5.74) is 3.57. The number of benzene rings is 1. The van der Waals surface area contributed by atoms with Gasteiger partial charge >= 0.3 is 0 Å². The monoisotopic (exact) mass is 464 g/mol. The predicted molar refractivity (Wildman–Crippen MR) is 133 cm³/mol. The second kappa shape index (κ2) is 9.34. The van der Waals surface area contributed by atoms with Crippen molar-refractivity contribution in [2.24, 2.45) is 0 Å². The molecule has 35 heavy (non-hydrogen) atoms. The number of amides is 1. The number of pyridine rings is 3. The Hall–Kier alpha value is -4.59. The molecule has 0 saturated carbocycles. The summed E-state index contributed by atoms with van der Waals surface area (Å²) >= 11 is 0. The van der Waals surface area contributed by atoms with E-state index in [0.717, 1.165) is 16.7 Å². The van der Waals surface area contributed by atoms with Crippen LogP contribution < -0.4 is 16.4 Å². The number of aryl methyl sites for hydroxylation is 1. The van der Waals surface area contributed by atoms with E-state index in [-0.39, 0.29) is 28.5 Å². The standard InChI is InChI=1S/C27H24N6O2/c1-18-6-5-15-32-24(18)31-25-22(27(32)35)16-21(23(28)33(25)17-20-9-12-29-13-10-20)26(34)30-14-11-19-7-3-2-4-8-19/h2-10,12-13,15-16,28H,11,14,17H2,1H3,(H,30,34). The molecule has 5 aromatic rings. The minimum absolute atomic E-state index is 0.00337. The average Bonchev–Trinajstić information content (AvgIpc) is 2.88. The van der Waals surface area contributed by atoms with Crippen molar-refractivity contribution in [2.75, 3.05) is 6.54 Å². The first-order valence-corrected chi connectivity index (χ1v) is 11.3. The molecule has 0 saturated heterocycles. The molecule has 0 atom stereocenters. The van der Waals surface area contributed by atoms with E-state index in [0.29, 0.717) is 24.3 Å². The van der Waals surface area contributed by atoms with Crippen molar-refractivity contribution in [1.29, 1.82) is 5.41 Å². The Balaban J connectivity index is 1.62. The molecule has 1 aromatic carbocycles. The summed E-state index contributed by atoms with van der Waals surface area (Å²) in [6.07, 6.45) is 5.67. The summed E-state index contributed by atoms with van der Waals surface area (Å²) in [5, 5.41) is 12.1. The maximum absolute atomic E-state index is 13.4. The molecule has 0 bridgehead atoms. The second-order valence-electron chi connectivity index (χ2n) is 8.38. The van der Waals surface area contributed by atoms with Crippen molar-refractivity contribution in [1.82, 2.24) is 24.3 Å². The van der Waals surface area contributed by atoms with Crippen molar-refractivity contribution in [2.45, 2.75) is 19.9 Å². The number of aromatic nitrogens is 4. The fourth-order valence-corrected chi connectivity index (χ4v) is 4.15. The smallest absolute Gasteiger partial charge is 0.267 e. The summed E-state index contributed by atoms with van der Waals surface area (Å²) in [5.74, 6) is -0.398. The molecule has 1 amide bonds. The Morgan fingerprint density at radius 2 is 1.77 bits per heavy atom. The van der Waals surface area contributed by atoms with Crippen molar-refractivity contribution in [3.05, 3.63) is 117 Å². The molecular formula is C27H24N6O2.